The zero-order valence-corrected chi connectivity index (χ0v) is 12.3. The molecule has 114 valence electrons. The van der Waals surface area contributed by atoms with Gasteiger partial charge >= 0.3 is 5.97 Å². The maximum absolute atomic E-state index is 12.0. The molecule has 1 saturated heterocycles. The van der Waals surface area contributed by atoms with Gasteiger partial charge < -0.3 is 14.6 Å². The third-order valence-electron chi connectivity index (χ3n) is 4.59. The van der Waals surface area contributed by atoms with Gasteiger partial charge in [-0.3, -0.25) is 4.90 Å². The van der Waals surface area contributed by atoms with E-state index < -0.39 is 11.5 Å². The van der Waals surface area contributed by atoms with E-state index in [1.165, 1.54) is 12.8 Å². The first-order chi connectivity index (χ1) is 10.1. The Morgan fingerprint density at radius 1 is 1.14 bits per heavy atom. The number of carbonyl (C=O) groups is 1. The van der Waals surface area contributed by atoms with Crippen molar-refractivity contribution >= 4 is 5.97 Å². The van der Waals surface area contributed by atoms with Gasteiger partial charge in [-0.05, 0) is 50.6 Å². The summed E-state index contributed by atoms with van der Waals surface area (Å²) in [7, 11) is 0. The smallest absolute Gasteiger partial charge is 0.328 e. The number of hydrogen-bond acceptors (Lipinski definition) is 4. The molecule has 0 aliphatic carbocycles. The van der Waals surface area contributed by atoms with E-state index in [4.69, 9.17) is 9.47 Å². The van der Waals surface area contributed by atoms with Gasteiger partial charge in [0.25, 0.3) is 0 Å². The van der Waals surface area contributed by atoms with Crippen molar-refractivity contribution in [3.8, 4) is 11.5 Å². The summed E-state index contributed by atoms with van der Waals surface area (Å²) in [6.45, 7) is 3.62. The van der Waals surface area contributed by atoms with E-state index in [1.807, 2.05) is 6.07 Å². The normalized spacial score (nSPS) is 21.6. The molecule has 0 saturated carbocycles. The summed E-state index contributed by atoms with van der Waals surface area (Å²) in [6, 6.07) is 5.45. The first-order valence-electron chi connectivity index (χ1n) is 7.51. The van der Waals surface area contributed by atoms with Crippen LogP contribution in [0.15, 0.2) is 18.2 Å². The third kappa shape index (κ3) is 2.46. The lowest BCUT2D eigenvalue weighted by atomic mass is 9.89. The standard InChI is InChI=1S/C16H21NO4/c1-16(15(18)19,17-8-4-2-3-5-9-17)12-6-7-13-14(10-12)21-11-20-13/h6-7,10H,2-5,8-9,11H2,1H3,(H,18,19). The fraction of sp³-hybridized carbons (Fsp3) is 0.562. The van der Waals surface area contributed by atoms with E-state index in [2.05, 4.69) is 4.90 Å². The fourth-order valence-electron chi connectivity index (χ4n) is 3.16. The molecular formula is C16H21NO4. The molecule has 0 bridgehead atoms. The number of nitrogens with zero attached hydrogens (tertiary/aromatic N) is 1. The van der Waals surface area contributed by atoms with Gasteiger partial charge in [0, 0.05) is 0 Å². The predicted molar refractivity (Wildman–Crippen MR) is 77.6 cm³/mol. The predicted octanol–water partition coefficient (Wildman–Crippen LogP) is 2.59. The second kappa shape index (κ2) is 5.56. The van der Waals surface area contributed by atoms with Crippen molar-refractivity contribution in [1.82, 2.24) is 4.90 Å². The molecule has 1 aromatic rings. The van der Waals surface area contributed by atoms with Gasteiger partial charge in [-0.2, -0.15) is 0 Å². The molecule has 2 aliphatic rings. The van der Waals surface area contributed by atoms with Crippen molar-refractivity contribution in [2.45, 2.75) is 38.1 Å². The molecule has 21 heavy (non-hydrogen) atoms. The summed E-state index contributed by atoms with van der Waals surface area (Å²) in [4.78, 5) is 14.1. The second-order valence-corrected chi connectivity index (χ2v) is 5.85. The highest BCUT2D eigenvalue weighted by Crippen LogP contribution is 2.38. The van der Waals surface area contributed by atoms with E-state index in [9.17, 15) is 9.90 Å². The molecule has 3 rings (SSSR count). The number of carboxylic acids is 1. The zero-order chi connectivity index (χ0) is 14.9. The quantitative estimate of drug-likeness (QED) is 0.927. The van der Waals surface area contributed by atoms with Crippen molar-refractivity contribution in [3.05, 3.63) is 23.8 Å². The van der Waals surface area contributed by atoms with Crippen molar-refractivity contribution < 1.29 is 19.4 Å². The third-order valence-corrected chi connectivity index (χ3v) is 4.59. The molecule has 1 unspecified atom stereocenters. The molecule has 0 radical (unpaired) electrons. The number of benzene rings is 1. The van der Waals surface area contributed by atoms with Gasteiger partial charge in [0.15, 0.2) is 11.5 Å². The average molecular weight is 291 g/mol. The Morgan fingerprint density at radius 2 is 1.81 bits per heavy atom. The molecule has 0 spiro atoms. The molecule has 1 aromatic carbocycles. The summed E-state index contributed by atoms with van der Waals surface area (Å²) in [5.41, 5.74) is -0.271. The van der Waals surface area contributed by atoms with Gasteiger partial charge in [0.1, 0.15) is 5.54 Å². The van der Waals surface area contributed by atoms with Crippen molar-refractivity contribution in [3.63, 3.8) is 0 Å². The molecule has 5 heteroatoms. The molecule has 0 amide bonds. The Morgan fingerprint density at radius 3 is 2.48 bits per heavy atom. The molecular weight excluding hydrogens is 270 g/mol. The largest absolute Gasteiger partial charge is 0.480 e. The monoisotopic (exact) mass is 291 g/mol. The van der Waals surface area contributed by atoms with Crippen LogP contribution in [0.25, 0.3) is 0 Å². The van der Waals surface area contributed by atoms with Crippen LogP contribution in [0.1, 0.15) is 38.2 Å². The Labute approximate surface area is 124 Å². The zero-order valence-electron chi connectivity index (χ0n) is 12.3. The number of rotatable bonds is 3. The highest BCUT2D eigenvalue weighted by molar-refractivity contribution is 5.80. The van der Waals surface area contributed by atoms with Gasteiger partial charge in [-0.25, -0.2) is 4.79 Å². The minimum atomic E-state index is -1.02. The van der Waals surface area contributed by atoms with Gasteiger partial charge in [-0.1, -0.05) is 18.9 Å². The van der Waals surface area contributed by atoms with Gasteiger partial charge in [0.05, 0.1) is 0 Å². The maximum atomic E-state index is 12.0. The summed E-state index contributed by atoms with van der Waals surface area (Å²) < 4.78 is 10.7. The molecule has 2 heterocycles. The van der Waals surface area contributed by atoms with Crippen LogP contribution >= 0.6 is 0 Å². The fourth-order valence-corrected chi connectivity index (χ4v) is 3.16. The summed E-state index contributed by atoms with van der Waals surface area (Å²) in [5.74, 6) is 0.500. The van der Waals surface area contributed by atoms with Crippen LogP contribution in [-0.2, 0) is 10.3 Å². The van der Waals surface area contributed by atoms with E-state index >= 15 is 0 Å². The SMILES string of the molecule is CC(C(=O)O)(c1ccc2c(c1)OCO2)N1CCCCCC1. The molecule has 1 N–H and O–H groups in total. The Kier molecular flexibility index (Phi) is 3.76. The molecule has 1 fully saturated rings. The molecule has 5 nitrogen and oxygen atoms in total. The van der Waals surface area contributed by atoms with Crippen molar-refractivity contribution in [1.29, 1.82) is 0 Å². The lowest BCUT2D eigenvalue weighted by Gasteiger charge is -2.37. The highest BCUT2D eigenvalue weighted by Gasteiger charge is 2.42. The first kappa shape index (κ1) is 14.2. The van der Waals surface area contributed by atoms with E-state index in [1.54, 1.807) is 19.1 Å². The number of carboxylic acid groups (broad SMARTS) is 1. The van der Waals surface area contributed by atoms with Crippen LogP contribution in [0.4, 0.5) is 0 Å². The number of ether oxygens (including phenoxy) is 2. The molecule has 1 atom stereocenters. The molecule has 0 aromatic heterocycles. The maximum Gasteiger partial charge on any atom is 0.328 e. The summed E-state index contributed by atoms with van der Waals surface area (Å²) >= 11 is 0. The van der Waals surface area contributed by atoms with E-state index in [-0.39, 0.29) is 6.79 Å². The number of fused-ring (bicyclic) bond motifs is 1. The topological polar surface area (TPSA) is 59.0 Å². The number of aliphatic carboxylic acids is 1. The average Bonchev–Trinajstić information content (AvgIpc) is 2.77. The van der Waals surface area contributed by atoms with Crippen LogP contribution in [-0.4, -0.2) is 35.9 Å². The van der Waals surface area contributed by atoms with Gasteiger partial charge in [0.2, 0.25) is 6.79 Å². The minimum absolute atomic E-state index is 0.201. The lowest BCUT2D eigenvalue weighted by Crippen LogP contribution is -2.50. The van der Waals surface area contributed by atoms with Crippen molar-refractivity contribution in [2.24, 2.45) is 0 Å². The van der Waals surface area contributed by atoms with Crippen LogP contribution < -0.4 is 9.47 Å². The Balaban J connectivity index is 1.98. The molecule has 2 aliphatic heterocycles. The summed E-state index contributed by atoms with van der Waals surface area (Å²) in [6.07, 6.45) is 4.45. The number of hydrogen-bond donors (Lipinski definition) is 1. The van der Waals surface area contributed by atoms with Gasteiger partial charge in [-0.15, -0.1) is 0 Å². The van der Waals surface area contributed by atoms with Crippen LogP contribution in [0.5, 0.6) is 11.5 Å². The van der Waals surface area contributed by atoms with Crippen LogP contribution in [0.2, 0.25) is 0 Å². The van der Waals surface area contributed by atoms with Crippen LogP contribution in [0.3, 0.4) is 0 Å². The Bertz CT molecular complexity index is 537. The minimum Gasteiger partial charge on any atom is -0.480 e. The van der Waals surface area contributed by atoms with Crippen LogP contribution in [0, 0.1) is 0 Å². The highest BCUT2D eigenvalue weighted by atomic mass is 16.7. The van der Waals surface area contributed by atoms with E-state index in [0.29, 0.717) is 11.5 Å². The Hall–Kier alpha value is -1.75. The summed E-state index contributed by atoms with van der Waals surface area (Å²) in [5, 5.41) is 9.86. The number of likely N-dealkylation sites (tertiary alicyclic amines) is 1. The first-order valence-corrected chi connectivity index (χ1v) is 7.51. The second-order valence-electron chi connectivity index (χ2n) is 5.85. The van der Waals surface area contributed by atoms with Crippen molar-refractivity contribution in [2.75, 3.05) is 19.9 Å². The van der Waals surface area contributed by atoms with E-state index in [0.717, 1.165) is 31.5 Å². The lowest BCUT2D eigenvalue weighted by molar-refractivity contribution is -0.151.